The summed E-state index contributed by atoms with van der Waals surface area (Å²) in [4.78, 5) is 0.310. The maximum absolute atomic E-state index is 12.4. The maximum Gasteiger partial charge on any atom is 0.241 e. The summed E-state index contributed by atoms with van der Waals surface area (Å²) in [6, 6.07) is 6.92. The van der Waals surface area contributed by atoms with Crippen LogP contribution in [0.5, 0.6) is 0 Å². The van der Waals surface area contributed by atoms with Crippen LogP contribution < -0.4 is 10.5 Å². The molecule has 1 atom stereocenters. The van der Waals surface area contributed by atoms with Crippen LogP contribution in [0.2, 0.25) is 0 Å². The third-order valence-corrected chi connectivity index (χ3v) is 5.22. The molecule has 3 N–H and O–H groups in total. The van der Waals surface area contributed by atoms with Gasteiger partial charge in [0.25, 0.3) is 0 Å². The molecule has 1 aromatic carbocycles. The van der Waals surface area contributed by atoms with Gasteiger partial charge in [-0.25, -0.2) is 13.1 Å². The first kappa shape index (κ1) is 15.1. The van der Waals surface area contributed by atoms with Gasteiger partial charge >= 0.3 is 0 Å². The van der Waals surface area contributed by atoms with E-state index in [1.54, 1.807) is 25.1 Å². The van der Waals surface area contributed by atoms with Crippen molar-refractivity contribution >= 4 is 10.0 Å². The summed E-state index contributed by atoms with van der Waals surface area (Å²) in [6.45, 7) is 7.77. The SMILES string of the molecule is Cc1ccccc1S(=O)(=O)NC(C)(CN)C(C)C. The summed E-state index contributed by atoms with van der Waals surface area (Å²) >= 11 is 0. The van der Waals surface area contributed by atoms with Crippen LogP contribution in [0.1, 0.15) is 26.3 Å². The lowest BCUT2D eigenvalue weighted by Gasteiger charge is -2.33. The first-order valence-electron chi connectivity index (χ1n) is 6.02. The van der Waals surface area contributed by atoms with Crippen molar-refractivity contribution in [2.75, 3.05) is 6.54 Å². The van der Waals surface area contributed by atoms with Gasteiger partial charge in [-0.3, -0.25) is 0 Å². The van der Waals surface area contributed by atoms with Crippen molar-refractivity contribution in [2.24, 2.45) is 11.7 Å². The molecule has 0 radical (unpaired) electrons. The highest BCUT2D eigenvalue weighted by atomic mass is 32.2. The molecule has 0 heterocycles. The zero-order valence-corrected chi connectivity index (χ0v) is 12.2. The third kappa shape index (κ3) is 3.10. The first-order chi connectivity index (χ1) is 8.23. The highest BCUT2D eigenvalue weighted by Gasteiger charge is 2.32. The summed E-state index contributed by atoms with van der Waals surface area (Å²) in [7, 11) is -3.54. The van der Waals surface area contributed by atoms with Crippen molar-refractivity contribution in [3.8, 4) is 0 Å². The molecule has 1 aromatic rings. The number of hydrogen-bond acceptors (Lipinski definition) is 3. The largest absolute Gasteiger partial charge is 0.329 e. The normalized spacial score (nSPS) is 15.7. The Kier molecular flexibility index (Phi) is 4.53. The van der Waals surface area contributed by atoms with Crippen molar-refractivity contribution in [3.63, 3.8) is 0 Å². The summed E-state index contributed by atoms with van der Waals surface area (Å²) in [5, 5.41) is 0. The molecular weight excluding hydrogens is 248 g/mol. The monoisotopic (exact) mass is 270 g/mol. The van der Waals surface area contributed by atoms with E-state index in [0.29, 0.717) is 4.90 Å². The lowest BCUT2D eigenvalue weighted by atomic mass is 9.90. The topological polar surface area (TPSA) is 72.2 Å². The fourth-order valence-electron chi connectivity index (χ4n) is 1.62. The van der Waals surface area contributed by atoms with E-state index in [1.807, 2.05) is 26.8 Å². The standard InChI is InChI=1S/C13H22N2O2S/c1-10(2)13(4,9-14)15-18(16,17)12-8-6-5-7-11(12)3/h5-8,10,15H,9,14H2,1-4H3. The molecule has 102 valence electrons. The molecule has 0 saturated heterocycles. The number of benzene rings is 1. The Morgan fingerprint density at radius 1 is 1.33 bits per heavy atom. The first-order valence-corrected chi connectivity index (χ1v) is 7.51. The second kappa shape index (κ2) is 5.38. The van der Waals surface area contributed by atoms with Crippen molar-refractivity contribution in [3.05, 3.63) is 29.8 Å². The molecule has 1 unspecified atom stereocenters. The van der Waals surface area contributed by atoms with Gasteiger partial charge in [-0.15, -0.1) is 0 Å². The average Bonchev–Trinajstić information content (AvgIpc) is 2.28. The zero-order valence-electron chi connectivity index (χ0n) is 11.4. The molecule has 0 fully saturated rings. The predicted octanol–water partition coefficient (Wildman–Crippen LogP) is 1.65. The van der Waals surface area contributed by atoms with Gasteiger partial charge in [0.2, 0.25) is 10.0 Å². The fraction of sp³-hybridized carbons (Fsp3) is 0.538. The molecule has 0 bridgehead atoms. The van der Waals surface area contributed by atoms with E-state index >= 15 is 0 Å². The Bertz CT molecular complexity index is 511. The number of rotatable bonds is 5. The van der Waals surface area contributed by atoms with Crippen molar-refractivity contribution in [2.45, 2.75) is 38.1 Å². The van der Waals surface area contributed by atoms with E-state index < -0.39 is 15.6 Å². The molecule has 0 amide bonds. The van der Waals surface area contributed by atoms with Crippen molar-refractivity contribution in [1.29, 1.82) is 0 Å². The van der Waals surface area contributed by atoms with Gasteiger partial charge in [0, 0.05) is 12.1 Å². The summed E-state index contributed by atoms with van der Waals surface area (Å²) in [5.74, 6) is 0.112. The highest BCUT2D eigenvalue weighted by molar-refractivity contribution is 7.89. The number of nitrogens with two attached hydrogens (primary N) is 1. The molecule has 0 spiro atoms. The minimum atomic E-state index is -3.54. The Morgan fingerprint density at radius 3 is 2.33 bits per heavy atom. The Hall–Kier alpha value is -0.910. The van der Waals surface area contributed by atoms with E-state index in [9.17, 15) is 8.42 Å². The second-order valence-corrected chi connectivity index (χ2v) is 6.80. The number of aryl methyl sites for hydroxylation is 1. The van der Waals surface area contributed by atoms with Crippen LogP contribution in [0.3, 0.4) is 0 Å². The van der Waals surface area contributed by atoms with E-state index in [0.717, 1.165) is 5.56 Å². The van der Waals surface area contributed by atoms with Crippen LogP contribution in [-0.4, -0.2) is 20.5 Å². The van der Waals surface area contributed by atoms with Crippen molar-refractivity contribution < 1.29 is 8.42 Å². The van der Waals surface area contributed by atoms with Crippen LogP contribution >= 0.6 is 0 Å². The Labute approximate surface area is 110 Å². The second-order valence-electron chi connectivity index (χ2n) is 5.15. The van der Waals surface area contributed by atoms with Crippen LogP contribution in [0.15, 0.2) is 29.2 Å². The molecule has 0 aliphatic heterocycles. The average molecular weight is 270 g/mol. The minimum Gasteiger partial charge on any atom is -0.329 e. The van der Waals surface area contributed by atoms with Gasteiger partial charge in [0.1, 0.15) is 0 Å². The lowest BCUT2D eigenvalue weighted by molar-refractivity contribution is 0.315. The number of sulfonamides is 1. The number of nitrogens with one attached hydrogen (secondary N) is 1. The highest BCUT2D eigenvalue weighted by Crippen LogP contribution is 2.21. The van der Waals surface area contributed by atoms with Gasteiger partial charge in [-0.05, 0) is 31.4 Å². The summed E-state index contributed by atoms with van der Waals surface area (Å²) < 4.78 is 27.5. The third-order valence-electron chi connectivity index (χ3n) is 3.45. The molecular formula is C13H22N2O2S. The number of hydrogen-bond donors (Lipinski definition) is 2. The predicted molar refractivity (Wildman–Crippen MR) is 73.8 cm³/mol. The Morgan fingerprint density at radius 2 is 1.89 bits per heavy atom. The molecule has 1 rings (SSSR count). The maximum atomic E-state index is 12.4. The van der Waals surface area contributed by atoms with Crippen LogP contribution in [-0.2, 0) is 10.0 Å². The molecule has 0 aliphatic rings. The molecule has 5 heteroatoms. The van der Waals surface area contributed by atoms with Gasteiger partial charge in [-0.1, -0.05) is 32.0 Å². The smallest absolute Gasteiger partial charge is 0.241 e. The quantitative estimate of drug-likeness (QED) is 0.854. The van der Waals surface area contributed by atoms with Crippen LogP contribution in [0.4, 0.5) is 0 Å². The van der Waals surface area contributed by atoms with E-state index in [1.165, 1.54) is 0 Å². The van der Waals surface area contributed by atoms with E-state index in [2.05, 4.69) is 4.72 Å². The van der Waals surface area contributed by atoms with Crippen LogP contribution in [0, 0.1) is 12.8 Å². The van der Waals surface area contributed by atoms with Gasteiger partial charge in [0.05, 0.1) is 4.90 Å². The van der Waals surface area contributed by atoms with Crippen molar-refractivity contribution in [1.82, 2.24) is 4.72 Å². The zero-order chi connectivity index (χ0) is 14.0. The van der Waals surface area contributed by atoms with Gasteiger partial charge in [-0.2, -0.15) is 0 Å². The summed E-state index contributed by atoms with van der Waals surface area (Å²) in [6.07, 6.45) is 0. The Balaban J connectivity index is 3.14. The fourth-order valence-corrected chi connectivity index (χ4v) is 3.41. The summed E-state index contributed by atoms with van der Waals surface area (Å²) in [5.41, 5.74) is 5.80. The van der Waals surface area contributed by atoms with Gasteiger partial charge < -0.3 is 5.73 Å². The van der Waals surface area contributed by atoms with Crippen LogP contribution in [0.25, 0.3) is 0 Å². The molecule has 0 saturated carbocycles. The lowest BCUT2D eigenvalue weighted by Crippen LogP contribution is -2.54. The van der Waals surface area contributed by atoms with Gasteiger partial charge in [0.15, 0.2) is 0 Å². The van der Waals surface area contributed by atoms with E-state index in [4.69, 9.17) is 5.73 Å². The molecule has 4 nitrogen and oxygen atoms in total. The van der Waals surface area contributed by atoms with E-state index in [-0.39, 0.29) is 12.5 Å². The minimum absolute atomic E-state index is 0.112. The molecule has 18 heavy (non-hydrogen) atoms. The molecule has 0 aromatic heterocycles. The molecule has 0 aliphatic carbocycles.